The van der Waals surface area contributed by atoms with Crippen molar-refractivity contribution in [2.45, 2.75) is 20.0 Å². The van der Waals surface area contributed by atoms with Crippen molar-refractivity contribution < 1.29 is 9.47 Å². The summed E-state index contributed by atoms with van der Waals surface area (Å²) in [6, 6.07) is 10.1. The van der Waals surface area contributed by atoms with Crippen LogP contribution in [0.15, 0.2) is 30.3 Å². The van der Waals surface area contributed by atoms with Crippen molar-refractivity contribution in [2.75, 3.05) is 20.3 Å². The first-order valence-corrected chi connectivity index (χ1v) is 5.47. The van der Waals surface area contributed by atoms with Gasteiger partial charge in [0.1, 0.15) is 0 Å². The molecule has 1 aromatic rings. The van der Waals surface area contributed by atoms with E-state index >= 15 is 0 Å². The Bertz CT molecular complexity index is 239. The Labute approximate surface area is 92.2 Å². The fraction of sp³-hybridized carbons (Fsp3) is 0.538. The zero-order valence-corrected chi connectivity index (χ0v) is 9.61. The first kappa shape index (κ1) is 12.2. The summed E-state index contributed by atoms with van der Waals surface area (Å²) < 4.78 is 9.85. The molecule has 0 bridgehead atoms. The minimum Gasteiger partial charge on any atom is -0.381 e. The van der Waals surface area contributed by atoms with Crippen molar-refractivity contribution in [3.63, 3.8) is 0 Å². The van der Waals surface area contributed by atoms with Gasteiger partial charge in [0.2, 0.25) is 0 Å². The number of methoxy groups -OCH3 is 1. The predicted octanol–water partition coefficient (Wildman–Crippen LogP) is 2.88. The molecule has 1 fully saturated rings. The van der Waals surface area contributed by atoms with Gasteiger partial charge in [-0.3, -0.25) is 0 Å². The van der Waals surface area contributed by atoms with Crippen LogP contribution in [0.5, 0.6) is 0 Å². The summed E-state index contributed by atoms with van der Waals surface area (Å²) in [4.78, 5) is 0. The lowest BCUT2D eigenvalue weighted by molar-refractivity contribution is -0.0331. The van der Waals surface area contributed by atoms with Crippen LogP contribution in [0.4, 0.5) is 0 Å². The third kappa shape index (κ3) is 4.96. The lowest BCUT2D eigenvalue weighted by atomic mass is 10.1. The molecule has 2 heteroatoms. The van der Waals surface area contributed by atoms with E-state index in [-0.39, 0.29) is 0 Å². The number of hydrogen-bond donors (Lipinski definition) is 0. The molecule has 1 aromatic carbocycles. The van der Waals surface area contributed by atoms with Crippen LogP contribution in [0.1, 0.15) is 18.9 Å². The Morgan fingerprint density at radius 2 is 1.93 bits per heavy atom. The van der Waals surface area contributed by atoms with Gasteiger partial charge in [-0.25, -0.2) is 0 Å². The summed E-state index contributed by atoms with van der Waals surface area (Å²) in [5, 5.41) is 0. The molecule has 0 atom stereocenters. The summed E-state index contributed by atoms with van der Waals surface area (Å²) in [6.45, 7) is 4.93. The molecule has 1 aliphatic heterocycles. The van der Waals surface area contributed by atoms with E-state index in [1.54, 1.807) is 7.11 Å². The maximum absolute atomic E-state index is 4.93. The third-order valence-corrected chi connectivity index (χ3v) is 2.44. The van der Waals surface area contributed by atoms with Gasteiger partial charge in [0.15, 0.2) is 0 Å². The Balaban J connectivity index is 0.000000162. The van der Waals surface area contributed by atoms with Crippen LogP contribution >= 0.6 is 0 Å². The lowest BCUT2D eigenvalue weighted by Gasteiger charge is -2.23. The summed E-state index contributed by atoms with van der Waals surface area (Å²) in [7, 11) is 1.70. The van der Waals surface area contributed by atoms with Crippen LogP contribution in [-0.4, -0.2) is 20.3 Å². The zero-order valence-electron chi connectivity index (χ0n) is 9.61. The van der Waals surface area contributed by atoms with E-state index < -0.39 is 0 Å². The molecule has 1 aliphatic rings. The van der Waals surface area contributed by atoms with E-state index in [1.807, 2.05) is 30.3 Å². The van der Waals surface area contributed by atoms with Crippen molar-refractivity contribution in [1.29, 1.82) is 0 Å². The molecule has 2 rings (SSSR count). The second-order valence-corrected chi connectivity index (χ2v) is 3.73. The molecule has 0 spiro atoms. The van der Waals surface area contributed by atoms with Crippen LogP contribution in [0.3, 0.4) is 0 Å². The van der Waals surface area contributed by atoms with E-state index in [0.29, 0.717) is 6.61 Å². The van der Waals surface area contributed by atoms with Crippen LogP contribution in [-0.2, 0) is 16.1 Å². The minimum atomic E-state index is 0.709. The Kier molecular flexibility index (Phi) is 6.05. The van der Waals surface area contributed by atoms with Gasteiger partial charge in [0.05, 0.1) is 19.8 Å². The van der Waals surface area contributed by atoms with E-state index in [1.165, 1.54) is 12.0 Å². The topological polar surface area (TPSA) is 18.5 Å². The second kappa shape index (κ2) is 7.43. The van der Waals surface area contributed by atoms with Crippen molar-refractivity contribution in [3.05, 3.63) is 35.9 Å². The van der Waals surface area contributed by atoms with Gasteiger partial charge in [-0.15, -0.1) is 0 Å². The molecule has 0 saturated carbocycles. The van der Waals surface area contributed by atoms with Crippen molar-refractivity contribution in [3.8, 4) is 0 Å². The maximum atomic E-state index is 4.93. The van der Waals surface area contributed by atoms with E-state index in [9.17, 15) is 0 Å². The van der Waals surface area contributed by atoms with Gasteiger partial charge in [0.25, 0.3) is 0 Å². The van der Waals surface area contributed by atoms with E-state index in [0.717, 1.165) is 19.1 Å². The predicted molar refractivity (Wildman–Crippen MR) is 61.8 cm³/mol. The molecule has 2 nitrogen and oxygen atoms in total. The summed E-state index contributed by atoms with van der Waals surface area (Å²) in [5.41, 5.74) is 1.22. The molecule has 1 heterocycles. The van der Waals surface area contributed by atoms with Crippen LogP contribution in [0.2, 0.25) is 0 Å². The van der Waals surface area contributed by atoms with Crippen LogP contribution in [0.25, 0.3) is 0 Å². The number of benzene rings is 1. The SMILES string of the molecule is CCC1COC1.COCc1ccccc1. The van der Waals surface area contributed by atoms with Crippen molar-refractivity contribution in [1.82, 2.24) is 0 Å². The Hall–Kier alpha value is -0.860. The standard InChI is InChI=1S/C8H10O.C5H10O/c1-9-7-8-5-3-2-4-6-8;1-2-5-3-6-4-5/h2-6H,7H2,1H3;5H,2-4H2,1H3. The first-order chi connectivity index (χ1) is 7.36. The van der Waals surface area contributed by atoms with Crippen molar-refractivity contribution >= 4 is 0 Å². The lowest BCUT2D eigenvalue weighted by Crippen LogP contribution is -2.26. The number of hydrogen-bond acceptors (Lipinski definition) is 2. The average molecular weight is 208 g/mol. The molecule has 0 amide bonds. The second-order valence-electron chi connectivity index (χ2n) is 3.73. The number of ether oxygens (including phenoxy) is 2. The smallest absolute Gasteiger partial charge is 0.0713 e. The summed E-state index contributed by atoms with van der Waals surface area (Å²) >= 11 is 0. The molecule has 0 aliphatic carbocycles. The molecule has 0 aromatic heterocycles. The Morgan fingerprint density at radius 3 is 2.27 bits per heavy atom. The highest BCUT2D eigenvalue weighted by Crippen LogP contribution is 2.12. The van der Waals surface area contributed by atoms with E-state index in [4.69, 9.17) is 9.47 Å². The summed E-state index contributed by atoms with van der Waals surface area (Å²) in [5.74, 6) is 0.894. The highest BCUT2D eigenvalue weighted by Gasteiger charge is 2.14. The van der Waals surface area contributed by atoms with Gasteiger partial charge in [-0.2, -0.15) is 0 Å². The van der Waals surface area contributed by atoms with Gasteiger partial charge >= 0.3 is 0 Å². The fourth-order valence-corrected chi connectivity index (χ4v) is 1.26. The molecule has 1 saturated heterocycles. The van der Waals surface area contributed by atoms with E-state index in [2.05, 4.69) is 6.92 Å². The van der Waals surface area contributed by atoms with Crippen LogP contribution in [0, 0.1) is 5.92 Å². The molecule has 0 unspecified atom stereocenters. The highest BCUT2D eigenvalue weighted by molar-refractivity contribution is 5.13. The Morgan fingerprint density at radius 1 is 1.27 bits per heavy atom. The molecule has 84 valence electrons. The van der Waals surface area contributed by atoms with Gasteiger partial charge in [0, 0.05) is 13.0 Å². The highest BCUT2D eigenvalue weighted by atomic mass is 16.5. The monoisotopic (exact) mass is 208 g/mol. The maximum Gasteiger partial charge on any atom is 0.0713 e. The van der Waals surface area contributed by atoms with Crippen LogP contribution < -0.4 is 0 Å². The van der Waals surface area contributed by atoms with Gasteiger partial charge in [-0.1, -0.05) is 37.3 Å². The van der Waals surface area contributed by atoms with Crippen molar-refractivity contribution in [2.24, 2.45) is 5.92 Å². The molecule has 0 radical (unpaired) electrons. The summed E-state index contributed by atoms with van der Waals surface area (Å²) in [6.07, 6.45) is 1.29. The molecular formula is C13H20O2. The largest absolute Gasteiger partial charge is 0.381 e. The average Bonchev–Trinajstić information content (AvgIpc) is 2.19. The molecule has 0 N–H and O–H groups in total. The normalized spacial score (nSPS) is 15.1. The quantitative estimate of drug-likeness (QED) is 0.760. The fourth-order valence-electron chi connectivity index (χ4n) is 1.26. The molecule has 15 heavy (non-hydrogen) atoms. The third-order valence-electron chi connectivity index (χ3n) is 2.44. The van der Waals surface area contributed by atoms with Gasteiger partial charge in [-0.05, 0) is 12.0 Å². The molecular weight excluding hydrogens is 188 g/mol. The minimum absolute atomic E-state index is 0.709. The number of rotatable bonds is 3. The first-order valence-electron chi connectivity index (χ1n) is 5.47. The zero-order chi connectivity index (χ0) is 10.9. The van der Waals surface area contributed by atoms with Gasteiger partial charge < -0.3 is 9.47 Å².